The van der Waals surface area contributed by atoms with Crippen molar-refractivity contribution < 1.29 is 4.74 Å². The molecule has 0 radical (unpaired) electrons. The Morgan fingerprint density at radius 3 is 2.67 bits per heavy atom. The first kappa shape index (κ1) is 13.4. The lowest BCUT2D eigenvalue weighted by molar-refractivity contribution is 0.457. The number of aromatic nitrogens is 2. The van der Waals surface area contributed by atoms with E-state index in [1.807, 2.05) is 0 Å². The van der Waals surface area contributed by atoms with Gasteiger partial charge in [-0.2, -0.15) is 4.98 Å². The Balaban J connectivity index is 2.40. The van der Waals surface area contributed by atoms with Gasteiger partial charge in [0.1, 0.15) is 21.9 Å². The van der Waals surface area contributed by atoms with E-state index in [0.717, 1.165) is 0 Å². The van der Waals surface area contributed by atoms with Gasteiger partial charge in [0.2, 0.25) is 5.88 Å². The molecule has 0 unspecified atom stereocenters. The number of rotatable bonds is 2. The first-order valence-corrected chi connectivity index (χ1v) is 6.45. The van der Waals surface area contributed by atoms with E-state index in [0.29, 0.717) is 37.8 Å². The van der Waals surface area contributed by atoms with Gasteiger partial charge in [-0.1, -0.05) is 23.2 Å². The molecule has 2 rings (SSSR count). The molecule has 0 aliphatic carbocycles. The summed E-state index contributed by atoms with van der Waals surface area (Å²) in [5.41, 5.74) is 5.71. The molecule has 7 heteroatoms. The van der Waals surface area contributed by atoms with Crippen LogP contribution in [-0.2, 0) is 0 Å². The minimum atomic E-state index is 0.308. The molecule has 0 fully saturated rings. The van der Waals surface area contributed by atoms with E-state index in [2.05, 4.69) is 25.9 Å². The van der Waals surface area contributed by atoms with Crippen molar-refractivity contribution in [3.63, 3.8) is 0 Å². The number of ether oxygens (including phenoxy) is 1. The highest BCUT2D eigenvalue weighted by molar-refractivity contribution is 9.10. The number of halogens is 3. The Bertz CT molecular complexity index is 607. The topological polar surface area (TPSA) is 61.0 Å². The fourth-order valence-electron chi connectivity index (χ4n) is 1.28. The van der Waals surface area contributed by atoms with Crippen LogP contribution in [0.2, 0.25) is 10.0 Å². The number of nitrogens with two attached hydrogens (primary N) is 1. The second-order valence-corrected chi connectivity index (χ2v) is 5.09. The van der Waals surface area contributed by atoms with E-state index < -0.39 is 0 Å². The number of aryl methyl sites for hydroxylation is 1. The van der Waals surface area contributed by atoms with Gasteiger partial charge in [-0.25, -0.2) is 4.98 Å². The Morgan fingerprint density at radius 2 is 2.00 bits per heavy atom. The molecule has 0 saturated carbocycles. The summed E-state index contributed by atoms with van der Waals surface area (Å²) < 4.78 is 6.07. The number of hydrogen-bond acceptors (Lipinski definition) is 4. The van der Waals surface area contributed by atoms with Gasteiger partial charge in [0, 0.05) is 5.02 Å². The Kier molecular flexibility index (Phi) is 3.94. The van der Waals surface area contributed by atoms with Crippen LogP contribution in [0, 0.1) is 6.92 Å². The lowest BCUT2D eigenvalue weighted by Crippen LogP contribution is -2.00. The smallest absolute Gasteiger partial charge is 0.239 e. The number of anilines is 1. The number of nitrogen functional groups attached to an aromatic ring is 1. The van der Waals surface area contributed by atoms with E-state index in [-0.39, 0.29) is 0 Å². The molecule has 1 aromatic carbocycles. The molecule has 0 spiro atoms. The summed E-state index contributed by atoms with van der Waals surface area (Å²) >= 11 is 15.1. The highest BCUT2D eigenvalue weighted by Gasteiger charge is 2.12. The van der Waals surface area contributed by atoms with Gasteiger partial charge in [-0.05, 0) is 41.1 Å². The highest BCUT2D eigenvalue weighted by atomic mass is 79.9. The highest BCUT2D eigenvalue weighted by Crippen LogP contribution is 2.35. The predicted molar refractivity (Wildman–Crippen MR) is 75.4 cm³/mol. The zero-order chi connectivity index (χ0) is 13.3. The summed E-state index contributed by atoms with van der Waals surface area (Å²) in [6, 6.07) is 4.92. The largest absolute Gasteiger partial charge is 0.436 e. The molecule has 0 aliphatic rings. The van der Waals surface area contributed by atoms with Crippen LogP contribution in [0.5, 0.6) is 11.6 Å². The minimum absolute atomic E-state index is 0.308. The van der Waals surface area contributed by atoms with E-state index in [1.54, 1.807) is 25.1 Å². The van der Waals surface area contributed by atoms with Crippen LogP contribution in [0.25, 0.3) is 0 Å². The summed E-state index contributed by atoms with van der Waals surface area (Å²) in [5.74, 6) is 1.57. The number of nitrogens with zero attached hydrogens (tertiary/aromatic N) is 2. The van der Waals surface area contributed by atoms with Gasteiger partial charge in [-0.15, -0.1) is 0 Å². The Hall–Kier alpha value is -1.04. The fourth-order valence-corrected chi connectivity index (χ4v) is 1.99. The number of hydrogen-bond donors (Lipinski definition) is 1. The van der Waals surface area contributed by atoms with Crippen LogP contribution in [-0.4, -0.2) is 9.97 Å². The Morgan fingerprint density at radius 1 is 1.28 bits per heavy atom. The number of benzene rings is 1. The first-order valence-electron chi connectivity index (χ1n) is 4.90. The second-order valence-electron chi connectivity index (χ2n) is 3.45. The average Bonchev–Trinajstić information content (AvgIpc) is 2.29. The lowest BCUT2D eigenvalue weighted by Gasteiger charge is -2.10. The van der Waals surface area contributed by atoms with Gasteiger partial charge in [0.05, 0.1) is 5.02 Å². The summed E-state index contributed by atoms with van der Waals surface area (Å²) in [6.45, 7) is 1.72. The van der Waals surface area contributed by atoms with Crippen molar-refractivity contribution in [3.8, 4) is 11.6 Å². The van der Waals surface area contributed by atoms with E-state index >= 15 is 0 Å². The van der Waals surface area contributed by atoms with Gasteiger partial charge >= 0.3 is 0 Å². The van der Waals surface area contributed by atoms with E-state index in [4.69, 9.17) is 33.7 Å². The third-order valence-corrected chi connectivity index (χ3v) is 3.33. The third kappa shape index (κ3) is 2.85. The average molecular weight is 349 g/mol. The molecule has 0 amide bonds. The molecule has 4 nitrogen and oxygen atoms in total. The standard InChI is InChI=1S/C11H8BrCl2N3O/c1-5-16-10(15)9(12)11(17-5)18-8-3-2-6(13)4-7(8)14/h2-4H,1H3,(H2,15,16,17). The maximum atomic E-state index is 6.01. The predicted octanol–water partition coefficient (Wildman–Crippen LogP) is 4.23. The Labute approximate surface area is 122 Å². The van der Waals surface area contributed by atoms with Crippen molar-refractivity contribution in [2.75, 3.05) is 5.73 Å². The van der Waals surface area contributed by atoms with Gasteiger partial charge < -0.3 is 10.5 Å². The zero-order valence-electron chi connectivity index (χ0n) is 9.25. The van der Waals surface area contributed by atoms with Crippen LogP contribution in [0.15, 0.2) is 22.7 Å². The van der Waals surface area contributed by atoms with Gasteiger partial charge in [0.15, 0.2) is 0 Å². The molecule has 94 valence electrons. The maximum Gasteiger partial charge on any atom is 0.239 e. The van der Waals surface area contributed by atoms with Crippen molar-refractivity contribution in [2.45, 2.75) is 6.92 Å². The normalized spacial score (nSPS) is 10.4. The molecule has 0 aliphatic heterocycles. The lowest BCUT2D eigenvalue weighted by atomic mass is 10.3. The molecule has 1 aromatic heterocycles. The molecule has 1 heterocycles. The SMILES string of the molecule is Cc1nc(N)c(Br)c(Oc2ccc(Cl)cc2Cl)n1. The van der Waals surface area contributed by atoms with Crippen LogP contribution in [0.3, 0.4) is 0 Å². The summed E-state index contributed by atoms with van der Waals surface area (Å²) in [7, 11) is 0. The van der Waals surface area contributed by atoms with Crippen molar-refractivity contribution in [1.29, 1.82) is 0 Å². The van der Waals surface area contributed by atoms with Gasteiger partial charge in [-0.3, -0.25) is 0 Å². The van der Waals surface area contributed by atoms with Crippen LogP contribution in [0.1, 0.15) is 5.82 Å². The summed E-state index contributed by atoms with van der Waals surface area (Å²) in [4.78, 5) is 8.14. The fraction of sp³-hybridized carbons (Fsp3) is 0.0909. The second kappa shape index (κ2) is 5.30. The molecular weight excluding hydrogens is 341 g/mol. The first-order chi connectivity index (χ1) is 8.47. The molecular formula is C11H8BrCl2N3O. The molecule has 2 aromatic rings. The van der Waals surface area contributed by atoms with Crippen LogP contribution < -0.4 is 10.5 Å². The van der Waals surface area contributed by atoms with Crippen LogP contribution >= 0.6 is 39.1 Å². The third-order valence-electron chi connectivity index (χ3n) is 2.06. The zero-order valence-corrected chi connectivity index (χ0v) is 12.3. The summed E-state index contributed by atoms with van der Waals surface area (Å²) in [6.07, 6.45) is 0. The van der Waals surface area contributed by atoms with Crippen LogP contribution in [0.4, 0.5) is 5.82 Å². The monoisotopic (exact) mass is 347 g/mol. The van der Waals surface area contributed by atoms with Crippen molar-refractivity contribution in [2.24, 2.45) is 0 Å². The van der Waals surface area contributed by atoms with Crippen molar-refractivity contribution in [3.05, 3.63) is 38.5 Å². The minimum Gasteiger partial charge on any atom is -0.436 e. The van der Waals surface area contributed by atoms with Gasteiger partial charge in [0.25, 0.3) is 0 Å². The molecule has 0 bridgehead atoms. The quantitative estimate of drug-likeness (QED) is 0.882. The van der Waals surface area contributed by atoms with Crippen molar-refractivity contribution >= 4 is 44.9 Å². The summed E-state index contributed by atoms with van der Waals surface area (Å²) in [5, 5.41) is 0.925. The van der Waals surface area contributed by atoms with Crippen molar-refractivity contribution in [1.82, 2.24) is 9.97 Å². The van der Waals surface area contributed by atoms with E-state index in [1.165, 1.54) is 0 Å². The molecule has 0 atom stereocenters. The molecule has 0 saturated heterocycles. The van der Waals surface area contributed by atoms with E-state index in [9.17, 15) is 0 Å². The molecule has 18 heavy (non-hydrogen) atoms. The molecule has 2 N–H and O–H groups in total. The maximum absolute atomic E-state index is 6.01.